The van der Waals surface area contributed by atoms with Crippen LogP contribution in [0.2, 0.25) is 0 Å². The third-order valence-corrected chi connectivity index (χ3v) is 5.25. The van der Waals surface area contributed by atoms with Crippen molar-refractivity contribution in [2.75, 3.05) is 18.0 Å². The Morgan fingerprint density at radius 3 is 2.52 bits per heavy atom. The van der Waals surface area contributed by atoms with Gasteiger partial charge in [-0.1, -0.05) is 13.0 Å². The number of aromatic nitrogens is 1. The fourth-order valence-corrected chi connectivity index (χ4v) is 3.60. The molecule has 0 radical (unpaired) electrons. The summed E-state index contributed by atoms with van der Waals surface area (Å²) in [6.45, 7) is 5.73. The number of nitrogens with one attached hydrogen (secondary N) is 1. The minimum atomic E-state index is -0.0358. The summed E-state index contributed by atoms with van der Waals surface area (Å²) < 4.78 is 0. The summed E-state index contributed by atoms with van der Waals surface area (Å²) in [6.07, 6.45) is 3.34. The van der Waals surface area contributed by atoms with Crippen LogP contribution in [0.4, 0.5) is 5.69 Å². The Morgan fingerprint density at radius 1 is 1.22 bits per heavy atom. The van der Waals surface area contributed by atoms with E-state index in [0.717, 1.165) is 55.7 Å². The number of benzene rings is 1. The molecule has 1 aliphatic heterocycles. The number of aryl methyl sites for hydroxylation is 1. The molecule has 3 rings (SSSR count). The minimum Gasteiger partial charge on any atom is -0.371 e. The monoisotopic (exact) mass is 365 g/mol. The van der Waals surface area contributed by atoms with Crippen LogP contribution < -0.4 is 10.2 Å². The number of hydrogen-bond donors (Lipinski definition) is 1. The number of amides is 1. The highest BCUT2D eigenvalue weighted by atomic mass is 16.2. The van der Waals surface area contributed by atoms with Gasteiger partial charge in [-0.2, -0.15) is 0 Å². The van der Waals surface area contributed by atoms with Gasteiger partial charge in [-0.15, -0.1) is 0 Å². The van der Waals surface area contributed by atoms with E-state index < -0.39 is 0 Å². The molecule has 0 unspecified atom stereocenters. The number of hydrogen-bond acceptors (Lipinski definition) is 4. The van der Waals surface area contributed by atoms with Crippen LogP contribution in [0.25, 0.3) is 0 Å². The fourth-order valence-electron chi connectivity index (χ4n) is 3.60. The largest absolute Gasteiger partial charge is 0.371 e. The van der Waals surface area contributed by atoms with E-state index in [2.05, 4.69) is 22.1 Å². The summed E-state index contributed by atoms with van der Waals surface area (Å²) in [4.78, 5) is 30.4. The summed E-state index contributed by atoms with van der Waals surface area (Å²) >= 11 is 0. The van der Waals surface area contributed by atoms with E-state index in [0.29, 0.717) is 5.56 Å². The molecule has 5 heteroatoms. The van der Waals surface area contributed by atoms with E-state index in [4.69, 9.17) is 0 Å². The maximum absolute atomic E-state index is 12.8. The first kappa shape index (κ1) is 19.1. The van der Waals surface area contributed by atoms with Crippen molar-refractivity contribution in [2.24, 2.45) is 5.92 Å². The van der Waals surface area contributed by atoms with Crippen molar-refractivity contribution < 1.29 is 9.59 Å². The van der Waals surface area contributed by atoms with Crippen molar-refractivity contribution in [3.05, 3.63) is 59.4 Å². The van der Waals surface area contributed by atoms with Gasteiger partial charge in [-0.25, -0.2) is 0 Å². The molecule has 1 amide bonds. The number of nitrogens with zero attached hydrogens (tertiary/aromatic N) is 2. The Balaban J connectivity index is 1.56. The highest BCUT2D eigenvalue weighted by molar-refractivity contribution is 5.79. The molecule has 1 aromatic carbocycles. The van der Waals surface area contributed by atoms with Crippen molar-refractivity contribution in [1.29, 1.82) is 0 Å². The minimum absolute atomic E-state index is 0.0358. The molecule has 0 aliphatic carbocycles. The van der Waals surface area contributed by atoms with Crippen LogP contribution in [0.5, 0.6) is 0 Å². The third-order valence-electron chi connectivity index (χ3n) is 5.25. The van der Waals surface area contributed by atoms with Gasteiger partial charge in [-0.3, -0.25) is 14.6 Å². The van der Waals surface area contributed by atoms with E-state index in [1.165, 1.54) is 0 Å². The number of carbonyl (C=O) groups is 2. The Morgan fingerprint density at radius 2 is 1.93 bits per heavy atom. The van der Waals surface area contributed by atoms with E-state index in [9.17, 15) is 9.59 Å². The zero-order chi connectivity index (χ0) is 19.2. The normalized spacial score (nSPS) is 16.0. The van der Waals surface area contributed by atoms with Crippen LogP contribution in [0.3, 0.4) is 0 Å². The van der Waals surface area contributed by atoms with Crippen LogP contribution in [0.15, 0.2) is 42.5 Å². The molecule has 2 aromatic rings. The molecule has 0 bridgehead atoms. The molecular formula is C22H27N3O2. The third kappa shape index (κ3) is 4.73. The average molecular weight is 365 g/mol. The second kappa shape index (κ2) is 8.80. The summed E-state index contributed by atoms with van der Waals surface area (Å²) in [5.41, 5.74) is 3.69. The van der Waals surface area contributed by atoms with Gasteiger partial charge in [0.25, 0.3) is 0 Å². The van der Waals surface area contributed by atoms with E-state index in [1.54, 1.807) is 0 Å². The van der Waals surface area contributed by atoms with Gasteiger partial charge in [-0.05, 0) is 62.6 Å². The van der Waals surface area contributed by atoms with Gasteiger partial charge in [0.05, 0.1) is 11.7 Å². The van der Waals surface area contributed by atoms with Gasteiger partial charge in [0.1, 0.15) is 6.29 Å². The van der Waals surface area contributed by atoms with Gasteiger partial charge in [0.2, 0.25) is 5.91 Å². The molecule has 0 saturated carbocycles. The first-order valence-corrected chi connectivity index (χ1v) is 9.65. The Labute approximate surface area is 160 Å². The number of carbonyl (C=O) groups excluding carboxylic acids is 2. The lowest BCUT2D eigenvalue weighted by Gasteiger charge is -2.33. The molecule has 1 aliphatic rings. The standard InChI is InChI=1S/C22H27N3O2/c1-3-20(21-6-4-5-16(2)23-21)24-22(27)18-11-13-25(14-12-18)19-9-7-17(15-26)8-10-19/h4-10,15,18,20H,3,11-14H2,1-2H3,(H,24,27)/t20-/m0/s1. The second-order valence-corrected chi connectivity index (χ2v) is 7.14. The Bertz CT molecular complexity index is 780. The van der Waals surface area contributed by atoms with E-state index in [1.807, 2.05) is 49.4 Å². The molecule has 1 atom stereocenters. The molecule has 5 nitrogen and oxygen atoms in total. The lowest BCUT2D eigenvalue weighted by molar-refractivity contribution is -0.126. The summed E-state index contributed by atoms with van der Waals surface area (Å²) in [5.74, 6) is 0.162. The number of aldehydes is 1. The van der Waals surface area contributed by atoms with Crippen molar-refractivity contribution in [3.8, 4) is 0 Å². The Hall–Kier alpha value is -2.69. The molecular weight excluding hydrogens is 338 g/mol. The molecule has 1 N–H and O–H groups in total. The van der Waals surface area contributed by atoms with E-state index in [-0.39, 0.29) is 17.9 Å². The van der Waals surface area contributed by atoms with Crippen LogP contribution in [-0.4, -0.2) is 30.3 Å². The molecule has 1 aromatic heterocycles. The molecule has 1 saturated heterocycles. The van der Waals surface area contributed by atoms with Crippen molar-refractivity contribution >= 4 is 17.9 Å². The van der Waals surface area contributed by atoms with Crippen LogP contribution >= 0.6 is 0 Å². The molecule has 0 spiro atoms. The summed E-state index contributed by atoms with van der Waals surface area (Å²) in [6, 6.07) is 13.5. The number of pyridine rings is 1. The topological polar surface area (TPSA) is 62.3 Å². The molecule has 142 valence electrons. The van der Waals surface area contributed by atoms with Gasteiger partial charge in [0, 0.05) is 36.0 Å². The van der Waals surface area contributed by atoms with E-state index >= 15 is 0 Å². The molecule has 27 heavy (non-hydrogen) atoms. The highest BCUT2D eigenvalue weighted by Crippen LogP contribution is 2.25. The summed E-state index contributed by atoms with van der Waals surface area (Å²) in [5, 5.41) is 3.19. The average Bonchev–Trinajstić information content (AvgIpc) is 2.72. The number of anilines is 1. The first-order chi connectivity index (χ1) is 13.1. The lowest BCUT2D eigenvalue weighted by atomic mass is 9.94. The molecule has 2 heterocycles. The number of piperidine rings is 1. The first-order valence-electron chi connectivity index (χ1n) is 9.65. The van der Waals surface area contributed by atoms with Gasteiger partial charge >= 0.3 is 0 Å². The molecule has 1 fully saturated rings. The van der Waals surface area contributed by atoms with Gasteiger partial charge < -0.3 is 10.2 Å². The SMILES string of the molecule is CC[C@H](NC(=O)C1CCN(c2ccc(C=O)cc2)CC1)c1cccc(C)n1. The fraction of sp³-hybridized carbons (Fsp3) is 0.409. The Kier molecular flexibility index (Phi) is 6.22. The lowest BCUT2D eigenvalue weighted by Crippen LogP contribution is -2.41. The van der Waals surface area contributed by atoms with Crippen LogP contribution in [0.1, 0.15) is 54.0 Å². The zero-order valence-electron chi connectivity index (χ0n) is 16.0. The maximum atomic E-state index is 12.8. The smallest absolute Gasteiger partial charge is 0.223 e. The highest BCUT2D eigenvalue weighted by Gasteiger charge is 2.27. The predicted octanol–water partition coefficient (Wildman–Crippen LogP) is 3.69. The zero-order valence-corrected chi connectivity index (χ0v) is 16.0. The summed E-state index contributed by atoms with van der Waals surface area (Å²) in [7, 11) is 0. The quantitative estimate of drug-likeness (QED) is 0.793. The predicted molar refractivity (Wildman–Crippen MR) is 107 cm³/mol. The maximum Gasteiger partial charge on any atom is 0.223 e. The van der Waals surface area contributed by atoms with Crippen LogP contribution in [-0.2, 0) is 4.79 Å². The van der Waals surface area contributed by atoms with Crippen molar-refractivity contribution in [3.63, 3.8) is 0 Å². The van der Waals surface area contributed by atoms with Crippen molar-refractivity contribution in [1.82, 2.24) is 10.3 Å². The number of rotatable bonds is 6. The van der Waals surface area contributed by atoms with Gasteiger partial charge in [0.15, 0.2) is 0 Å². The van der Waals surface area contributed by atoms with Crippen molar-refractivity contribution in [2.45, 2.75) is 39.2 Å². The van der Waals surface area contributed by atoms with Crippen LogP contribution in [0, 0.1) is 12.8 Å². The second-order valence-electron chi connectivity index (χ2n) is 7.14.